The summed E-state index contributed by atoms with van der Waals surface area (Å²) in [5.74, 6) is -185. The van der Waals surface area contributed by atoms with Crippen LogP contribution in [0.4, 0.5) is 183 Å². The number of nitrogens with one attached hydrogen (secondary N) is 1. The van der Waals surface area contributed by atoms with Crippen molar-refractivity contribution < 1.29 is 195 Å². The highest BCUT2D eigenvalue weighted by Crippen LogP contribution is 2.71. The lowest BCUT2D eigenvalue weighted by Gasteiger charge is -2.47. The van der Waals surface area contributed by atoms with Crippen molar-refractivity contribution in [3.8, 4) is 0 Å². The SMILES string of the molecule is CC(=O)OCNC(=O)c1cc(N=C=O)c(C)c(N=C=O)c1C(F)(F)C(F)(F)C(F)(F)C(F)(F)C(F)(F)C(F)(F)C(F)(F)C(F)(F)C(F)(F)C(F)(F)C(F)(F)C(F)(F)C(F)(F)C(F)(F)C(F)(F)C(F)(F)C(F)(F)C(F)(F)C(F)(F)F. The van der Waals surface area contributed by atoms with Crippen molar-refractivity contribution in [3.05, 3.63) is 22.8 Å². The van der Waals surface area contributed by atoms with Crippen molar-refractivity contribution in [2.75, 3.05) is 6.73 Å². The van der Waals surface area contributed by atoms with E-state index in [0.717, 1.165) is 5.32 Å². The van der Waals surface area contributed by atoms with Gasteiger partial charge in [-0.05, 0) is 13.0 Å². The number of carbonyl (C=O) groups is 2. The molecule has 0 unspecified atom stereocenters. The molecule has 1 aromatic carbocycles. The molecule has 1 aromatic rings. The average Bonchev–Trinajstić information content (AvgIpc) is 3.25. The number of hydrogen-bond donors (Lipinski definition) is 1. The quantitative estimate of drug-likeness (QED) is 0.0385. The van der Waals surface area contributed by atoms with E-state index in [9.17, 15) is 173 Å². The molecule has 0 spiro atoms. The molecule has 8 nitrogen and oxygen atoms in total. The van der Waals surface area contributed by atoms with Crippen LogP contribution < -0.4 is 5.32 Å². The highest BCUT2D eigenvalue weighted by atomic mass is 19.4. The van der Waals surface area contributed by atoms with E-state index >= 15 is 17.6 Å². The van der Waals surface area contributed by atoms with E-state index in [4.69, 9.17) is 0 Å². The van der Waals surface area contributed by atoms with Crippen LogP contribution in [0.2, 0.25) is 0 Å². The Morgan fingerprint density at radius 2 is 0.658 bits per heavy atom. The van der Waals surface area contributed by atoms with Gasteiger partial charge in [0.15, 0.2) is 6.73 Å². The summed E-state index contributed by atoms with van der Waals surface area (Å²) in [5.41, 5.74) is -12.3. The van der Waals surface area contributed by atoms with Crippen molar-refractivity contribution in [1.82, 2.24) is 5.32 Å². The van der Waals surface area contributed by atoms with Crippen molar-refractivity contribution >= 4 is 35.4 Å². The molecule has 1 rings (SSSR count). The zero-order valence-electron chi connectivity index (χ0n) is 35.5. The minimum Gasteiger partial charge on any atom is -0.445 e. The number of isocyanates is 2. The second-order valence-corrected chi connectivity index (χ2v) is 14.8. The molecule has 0 radical (unpaired) electrons. The number of alkyl halides is 39. The van der Waals surface area contributed by atoms with E-state index in [1.54, 1.807) is 0 Å². The normalized spacial score (nSPS) is 15.6. The molecular weight excluding hydrogens is 1250 g/mol. The summed E-state index contributed by atoms with van der Waals surface area (Å²) in [7, 11) is 0. The highest BCUT2D eigenvalue weighted by molar-refractivity contribution is 5.99. The molecular formula is C32H10F39N3O5. The van der Waals surface area contributed by atoms with E-state index in [2.05, 4.69) is 14.7 Å². The first-order valence-electron chi connectivity index (χ1n) is 17.8. The largest absolute Gasteiger partial charge is 0.460 e. The summed E-state index contributed by atoms with van der Waals surface area (Å²) >= 11 is 0. The second kappa shape index (κ2) is 19.4. The van der Waals surface area contributed by atoms with E-state index in [-0.39, 0.29) is 13.0 Å². The number of hydrogen-bond acceptors (Lipinski definition) is 7. The number of ether oxygens (including phenoxy) is 1. The van der Waals surface area contributed by atoms with Gasteiger partial charge in [0, 0.05) is 12.5 Å². The predicted molar refractivity (Wildman–Crippen MR) is 165 cm³/mol. The maximum Gasteiger partial charge on any atom is 0.460 e. The van der Waals surface area contributed by atoms with Crippen LogP contribution in [-0.2, 0) is 25.0 Å². The highest BCUT2D eigenvalue weighted by Gasteiger charge is 3.03. The summed E-state index contributed by atoms with van der Waals surface area (Å²) in [6, 6.07) is -0.614. The number of halogens is 39. The Morgan fingerprint density at radius 3 is 0.886 bits per heavy atom. The monoisotopic (exact) mass is 1260 g/mol. The van der Waals surface area contributed by atoms with Gasteiger partial charge in [-0.1, -0.05) is 0 Å². The van der Waals surface area contributed by atoms with Gasteiger partial charge < -0.3 is 10.1 Å². The van der Waals surface area contributed by atoms with Gasteiger partial charge in [-0.15, -0.1) is 0 Å². The van der Waals surface area contributed by atoms with Crippen LogP contribution in [0.3, 0.4) is 0 Å². The van der Waals surface area contributed by atoms with Crippen LogP contribution in [0.15, 0.2) is 16.1 Å². The summed E-state index contributed by atoms with van der Waals surface area (Å²) in [6.45, 7) is -1.30. The lowest BCUT2D eigenvalue weighted by Crippen LogP contribution is -2.80. The van der Waals surface area contributed by atoms with Crippen LogP contribution in [0.25, 0.3) is 0 Å². The summed E-state index contributed by atoms with van der Waals surface area (Å²) < 4.78 is 557. The molecule has 1 N–H and O–H groups in total. The van der Waals surface area contributed by atoms with Gasteiger partial charge in [-0.2, -0.15) is 181 Å². The van der Waals surface area contributed by atoms with Crippen molar-refractivity contribution in [3.63, 3.8) is 0 Å². The Hall–Kier alpha value is -5.81. The van der Waals surface area contributed by atoms with Crippen LogP contribution in [0.5, 0.6) is 0 Å². The molecule has 0 saturated heterocycles. The van der Waals surface area contributed by atoms with Gasteiger partial charge in [-0.3, -0.25) is 9.59 Å². The number of benzene rings is 1. The molecule has 0 heterocycles. The third kappa shape index (κ3) is 9.05. The van der Waals surface area contributed by atoms with Crippen molar-refractivity contribution in [1.29, 1.82) is 0 Å². The first-order valence-corrected chi connectivity index (χ1v) is 17.8. The van der Waals surface area contributed by atoms with E-state index in [1.165, 1.54) is 0 Å². The fourth-order valence-corrected chi connectivity index (χ4v) is 5.39. The Labute approximate surface area is 402 Å². The zero-order valence-corrected chi connectivity index (χ0v) is 35.5. The number of aliphatic imine (C=N–C) groups is 2. The average molecular weight is 1260 g/mol. The Kier molecular flexibility index (Phi) is 17.5. The lowest BCUT2D eigenvalue weighted by molar-refractivity contribution is -0.495. The van der Waals surface area contributed by atoms with Gasteiger partial charge in [0.05, 0.1) is 22.5 Å². The van der Waals surface area contributed by atoms with E-state index in [1.807, 2.05) is 0 Å². The number of amides is 1. The molecule has 0 aliphatic rings. The van der Waals surface area contributed by atoms with Crippen LogP contribution in [-0.4, -0.2) is 138 Å². The van der Waals surface area contributed by atoms with E-state index in [0.29, 0.717) is 13.0 Å². The predicted octanol–water partition coefficient (Wildman–Crippen LogP) is 13.6. The van der Waals surface area contributed by atoms with Gasteiger partial charge in [-0.25, -0.2) is 9.59 Å². The lowest BCUT2D eigenvalue weighted by atomic mass is 9.81. The van der Waals surface area contributed by atoms with E-state index < -0.39 is 166 Å². The molecule has 47 heteroatoms. The maximum absolute atomic E-state index is 15.7. The van der Waals surface area contributed by atoms with Crippen LogP contribution in [0.1, 0.15) is 28.4 Å². The fraction of sp³-hybridized carbons (Fsp3) is 0.688. The van der Waals surface area contributed by atoms with Crippen molar-refractivity contribution in [2.45, 2.75) is 127 Å². The molecule has 0 aliphatic heterocycles. The number of carbonyl (C=O) groups excluding carboxylic acids is 4. The standard InChI is InChI=1S/C32H10F39N3O5/c1-7-10(72-4-75)3-9(13(78)74-6-79-8(2)77)11(12(7)73-5-76)14(33,34)15(35,36)16(37,38)17(39,40)18(41,42)19(43,44)20(45,46)21(47,48)22(49,50)23(51,52)24(53,54)25(55,56)26(57,58)27(59,60)28(61,62)29(63,64)30(65,66)31(67,68)32(69,70)71/h3H,6H2,1-2H3,(H,74,78). The summed E-state index contributed by atoms with van der Waals surface area (Å²) in [4.78, 5) is 49.9. The molecule has 0 atom stereocenters. The molecule has 0 fully saturated rings. The summed E-state index contributed by atoms with van der Waals surface area (Å²) in [6.07, 6.45) is -8.06. The van der Waals surface area contributed by atoms with Crippen LogP contribution in [0, 0.1) is 6.92 Å². The molecule has 79 heavy (non-hydrogen) atoms. The van der Waals surface area contributed by atoms with Crippen LogP contribution >= 0.6 is 0 Å². The fourth-order valence-electron chi connectivity index (χ4n) is 5.39. The number of rotatable bonds is 23. The summed E-state index contributed by atoms with van der Waals surface area (Å²) in [5, 5.41) is 1.02. The molecule has 456 valence electrons. The molecule has 0 saturated carbocycles. The molecule has 0 aliphatic carbocycles. The second-order valence-electron chi connectivity index (χ2n) is 14.8. The zero-order chi connectivity index (χ0) is 64.2. The first kappa shape index (κ1) is 71.2. The van der Waals surface area contributed by atoms with Gasteiger partial charge in [0.25, 0.3) is 5.91 Å². The third-order valence-electron chi connectivity index (χ3n) is 9.98. The first-order chi connectivity index (χ1) is 34.1. The maximum atomic E-state index is 15.7. The molecule has 0 bridgehead atoms. The van der Waals surface area contributed by atoms with Gasteiger partial charge >= 0.3 is 119 Å². The Bertz CT molecular complexity index is 2610. The van der Waals surface area contributed by atoms with Gasteiger partial charge in [0.1, 0.15) is 0 Å². The Balaban J connectivity index is 4.36. The third-order valence-corrected chi connectivity index (χ3v) is 9.98. The van der Waals surface area contributed by atoms with Crippen molar-refractivity contribution in [2.24, 2.45) is 9.98 Å². The van der Waals surface area contributed by atoms with Gasteiger partial charge in [0.2, 0.25) is 12.2 Å². The smallest absolute Gasteiger partial charge is 0.445 e. The minimum atomic E-state index is -10.7. The number of nitrogens with zero attached hydrogens (tertiary/aromatic N) is 2. The minimum absolute atomic E-state index is 0.0346. The Morgan fingerprint density at radius 1 is 0.418 bits per heavy atom. The molecule has 0 aromatic heterocycles. The molecule has 1 amide bonds. The topological polar surface area (TPSA) is 114 Å². The number of esters is 1.